The summed E-state index contributed by atoms with van der Waals surface area (Å²) in [7, 11) is 1.32. The van der Waals surface area contributed by atoms with Crippen molar-refractivity contribution in [2.24, 2.45) is 0 Å². The van der Waals surface area contributed by atoms with Gasteiger partial charge in [0.25, 0.3) is 0 Å². The second kappa shape index (κ2) is 4.82. The number of esters is 1. The molecule has 4 heteroatoms. The van der Waals surface area contributed by atoms with Crippen LogP contribution in [-0.2, 0) is 11.2 Å². The molecule has 1 heterocycles. The van der Waals surface area contributed by atoms with Crippen LogP contribution < -0.4 is 0 Å². The largest absolute Gasteiger partial charge is 0.464 e. The normalized spacial score (nSPS) is 10.2. The summed E-state index contributed by atoms with van der Waals surface area (Å²) < 4.78 is 18.0. The molecule has 0 radical (unpaired) electrons. The van der Waals surface area contributed by atoms with Gasteiger partial charge in [-0.15, -0.1) is 0 Å². The van der Waals surface area contributed by atoms with Crippen molar-refractivity contribution in [2.75, 3.05) is 7.11 Å². The first-order valence-corrected chi connectivity index (χ1v) is 5.20. The monoisotopic (exact) mass is 233 g/mol. The van der Waals surface area contributed by atoms with E-state index in [1.165, 1.54) is 13.2 Å². The first-order chi connectivity index (χ1) is 8.20. The molecule has 0 aliphatic rings. The van der Waals surface area contributed by atoms with Crippen LogP contribution in [0.4, 0.5) is 4.39 Å². The molecular formula is C13H12FNO2. The van der Waals surface area contributed by atoms with Crippen LogP contribution in [0, 0.1) is 5.82 Å². The van der Waals surface area contributed by atoms with Gasteiger partial charge in [-0.2, -0.15) is 0 Å². The Hall–Kier alpha value is -2.10. The summed E-state index contributed by atoms with van der Waals surface area (Å²) in [4.78, 5) is 14.1. The van der Waals surface area contributed by atoms with E-state index in [1.54, 1.807) is 30.3 Å². The molecule has 17 heavy (non-hydrogen) atoms. The SMILES string of the molecule is COC(=O)c1ccc(Cc2ccccc2F)[nH]1. The van der Waals surface area contributed by atoms with Crippen LogP contribution in [0.3, 0.4) is 0 Å². The van der Waals surface area contributed by atoms with Gasteiger partial charge in [0.1, 0.15) is 11.5 Å². The van der Waals surface area contributed by atoms with Gasteiger partial charge < -0.3 is 9.72 Å². The van der Waals surface area contributed by atoms with E-state index in [2.05, 4.69) is 9.72 Å². The Morgan fingerprint density at radius 2 is 2.06 bits per heavy atom. The first-order valence-electron chi connectivity index (χ1n) is 5.20. The predicted octanol–water partition coefficient (Wildman–Crippen LogP) is 2.53. The number of hydrogen-bond donors (Lipinski definition) is 1. The molecule has 0 aliphatic heterocycles. The Labute approximate surface area is 98.2 Å². The van der Waals surface area contributed by atoms with E-state index in [0.717, 1.165) is 5.69 Å². The van der Waals surface area contributed by atoms with Crippen molar-refractivity contribution in [3.63, 3.8) is 0 Å². The van der Waals surface area contributed by atoms with Gasteiger partial charge in [0, 0.05) is 12.1 Å². The average molecular weight is 233 g/mol. The molecular weight excluding hydrogens is 221 g/mol. The van der Waals surface area contributed by atoms with Gasteiger partial charge in [0.15, 0.2) is 0 Å². The zero-order valence-electron chi connectivity index (χ0n) is 9.37. The number of halogens is 1. The zero-order chi connectivity index (χ0) is 12.3. The average Bonchev–Trinajstić information content (AvgIpc) is 2.80. The van der Waals surface area contributed by atoms with Gasteiger partial charge in [-0.1, -0.05) is 18.2 Å². The minimum absolute atomic E-state index is 0.248. The molecule has 1 aromatic heterocycles. The second-order valence-electron chi connectivity index (χ2n) is 3.66. The summed E-state index contributed by atoms with van der Waals surface area (Å²) in [6.45, 7) is 0. The van der Waals surface area contributed by atoms with Crippen molar-refractivity contribution in [2.45, 2.75) is 6.42 Å². The molecule has 3 nitrogen and oxygen atoms in total. The maximum atomic E-state index is 13.4. The summed E-state index contributed by atoms with van der Waals surface area (Å²) >= 11 is 0. The lowest BCUT2D eigenvalue weighted by atomic mass is 10.1. The highest BCUT2D eigenvalue weighted by Gasteiger charge is 2.09. The van der Waals surface area contributed by atoms with Crippen LogP contribution in [-0.4, -0.2) is 18.1 Å². The molecule has 0 fully saturated rings. The number of rotatable bonds is 3. The zero-order valence-corrected chi connectivity index (χ0v) is 9.37. The number of aromatic amines is 1. The summed E-state index contributed by atoms with van der Waals surface area (Å²) in [5, 5.41) is 0. The molecule has 1 N–H and O–H groups in total. The third kappa shape index (κ3) is 2.53. The number of benzene rings is 1. The number of hydrogen-bond acceptors (Lipinski definition) is 2. The van der Waals surface area contributed by atoms with Gasteiger partial charge in [-0.25, -0.2) is 9.18 Å². The lowest BCUT2D eigenvalue weighted by molar-refractivity contribution is 0.0594. The molecule has 0 unspecified atom stereocenters. The molecule has 0 saturated heterocycles. The van der Waals surface area contributed by atoms with Crippen LogP contribution in [0.5, 0.6) is 0 Å². The number of H-pyrrole nitrogens is 1. The van der Waals surface area contributed by atoms with E-state index < -0.39 is 5.97 Å². The Bertz CT molecular complexity index is 534. The van der Waals surface area contributed by atoms with Gasteiger partial charge >= 0.3 is 5.97 Å². The maximum absolute atomic E-state index is 13.4. The molecule has 0 spiro atoms. The fraction of sp³-hybridized carbons (Fsp3) is 0.154. The standard InChI is InChI=1S/C13H12FNO2/c1-17-13(16)12-7-6-10(15-12)8-9-4-2-3-5-11(9)14/h2-7,15H,8H2,1H3. The van der Waals surface area contributed by atoms with Crippen LogP contribution in [0.25, 0.3) is 0 Å². The molecule has 2 rings (SSSR count). The lowest BCUT2D eigenvalue weighted by Crippen LogP contribution is -2.01. The fourth-order valence-corrected chi connectivity index (χ4v) is 1.62. The van der Waals surface area contributed by atoms with E-state index in [0.29, 0.717) is 17.7 Å². The maximum Gasteiger partial charge on any atom is 0.354 e. The number of nitrogens with one attached hydrogen (secondary N) is 1. The molecule has 0 saturated carbocycles. The number of aromatic nitrogens is 1. The minimum Gasteiger partial charge on any atom is -0.464 e. The number of carbonyl (C=O) groups excluding carboxylic acids is 1. The molecule has 88 valence electrons. The van der Waals surface area contributed by atoms with E-state index >= 15 is 0 Å². The number of ether oxygens (including phenoxy) is 1. The third-order valence-electron chi connectivity index (χ3n) is 2.49. The van der Waals surface area contributed by atoms with Gasteiger partial charge in [0.2, 0.25) is 0 Å². The van der Waals surface area contributed by atoms with Crippen molar-refractivity contribution < 1.29 is 13.9 Å². The lowest BCUT2D eigenvalue weighted by Gasteiger charge is -2.01. The predicted molar refractivity (Wildman–Crippen MR) is 61.3 cm³/mol. The van der Waals surface area contributed by atoms with Crippen molar-refractivity contribution >= 4 is 5.97 Å². The third-order valence-corrected chi connectivity index (χ3v) is 2.49. The van der Waals surface area contributed by atoms with E-state index in [1.807, 2.05) is 0 Å². The van der Waals surface area contributed by atoms with Crippen molar-refractivity contribution in [3.8, 4) is 0 Å². The minimum atomic E-state index is -0.426. The molecule has 0 amide bonds. The highest BCUT2D eigenvalue weighted by atomic mass is 19.1. The number of methoxy groups -OCH3 is 1. The molecule has 0 bridgehead atoms. The van der Waals surface area contributed by atoms with Crippen molar-refractivity contribution in [1.82, 2.24) is 4.98 Å². The summed E-state index contributed by atoms with van der Waals surface area (Å²) in [6.07, 6.45) is 0.420. The van der Waals surface area contributed by atoms with E-state index in [9.17, 15) is 9.18 Å². The molecule has 2 aromatic rings. The van der Waals surface area contributed by atoms with Crippen LogP contribution in [0.2, 0.25) is 0 Å². The highest BCUT2D eigenvalue weighted by molar-refractivity contribution is 5.87. The molecule has 0 aliphatic carbocycles. The highest BCUT2D eigenvalue weighted by Crippen LogP contribution is 2.13. The van der Waals surface area contributed by atoms with E-state index in [-0.39, 0.29) is 5.82 Å². The smallest absolute Gasteiger partial charge is 0.354 e. The van der Waals surface area contributed by atoms with Crippen LogP contribution in [0.1, 0.15) is 21.7 Å². The Kier molecular flexibility index (Phi) is 3.23. The Morgan fingerprint density at radius 3 is 2.76 bits per heavy atom. The summed E-state index contributed by atoms with van der Waals surface area (Å²) in [6, 6.07) is 9.93. The quantitative estimate of drug-likeness (QED) is 0.828. The molecule has 1 aromatic carbocycles. The van der Waals surface area contributed by atoms with E-state index in [4.69, 9.17) is 0 Å². The Morgan fingerprint density at radius 1 is 1.29 bits per heavy atom. The van der Waals surface area contributed by atoms with Crippen molar-refractivity contribution in [1.29, 1.82) is 0 Å². The van der Waals surface area contributed by atoms with Gasteiger partial charge in [-0.05, 0) is 23.8 Å². The summed E-state index contributed by atoms with van der Waals surface area (Å²) in [5.74, 6) is -0.675. The second-order valence-corrected chi connectivity index (χ2v) is 3.66. The van der Waals surface area contributed by atoms with Crippen LogP contribution >= 0.6 is 0 Å². The van der Waals surface area contributed by atoms with Gasteiger partial charge in [-0.3, -0.25) is 0 Å². The fourth-order valence-electron chi connectivity index (χ4n) is 1.62. The topological polar surface area (TPSA) is 42.1 Å². The molecule has 0 atom stereocenters. The Balaban J connectivity index is 2.17. The summed E-state index contributed by atoms with van der Waals surface area (Å²) in [5.41, 5.74) is 1.74. The van der Waals surface area contributed by atoms with Gasteiger partial charge in [0.05, 0.1) is 7.11 Å². The number of carbonyl (C=O) groups is 1. The van der Waals surface area contributed by atoms with Crippen LogP contribution in [0.15, 0.2) is 36.4 Å². The first kappa shape index (κ1) is 11.4. The van der Waals surface area contributed by atoms with Crippen molar-refractivity contribution in [3.05, 3.63) is 59.2 Å².